The van der Waals surface area contributed by atoms with Crippen LogP contribution in [0.15, 0.2) is 54.6 Å². The summed E-state index contributed by atoms with van der Waals surface area (Å²) in [7, 11) is 1.95. The van der Waals surface area contributed by atoms with Crippen LogP contribution in [-0.4, -0.2) is 18.4 Å². The second kappa shape index (κ2) is 6.62. The van der Waals surface area contributed by atoms with Crippen molar-refractivity contribution in [2.75, 3.05) is 7.05 Å². The molecule has 1 heterocycles. The summed E-state index contributed by atoms with van der Waals surface area (Å²) in [5.74, 6) is 0.0288. The number of hydrogen-bond donors (Lipinski definition) is 2. The van der Waals surface area contributed by atoms with E-state index >= 15 is 0 Å². The van der Waals surface area contributed by atoms with Crippen molar-refractivity contribution in [3.05, 3.63) is 76.9 Å². The predicted molar refractivity (Wildman–Crippen MR) is 98.9 cm³/mol. The number of fused-ring (bicyclic) bond motifs is 1. The first-order chi connectivity index (χ1) is 11.5. The van der Waals surface area contributed by atoms with Crippen LogP contribution in [-0.2, 0) is 13.0 Å². The van der Waals surface area contributed by atoms with Gasteiger partial charge in [-0.1, -0.05) is 48.5 Å². The van der Waals surface area contributed by atoms with Crippen LogP contribution in [0, 0.1) is 0 Å². The molecule has 0 radical (unpaired) electrons. The van der Waals surface area contributed by atoms with Crippen molar-refractivity contribution < 1.29 is 4.79 Å². The zero-order chi connectivity index (χ0) is 17.2. The Hall–Kier alpha value is -2.39. The van der Waals surface area contributed by atoms with Crippen molar-refractivity contribution in [2.24, 2.45) is 0 Å². The Bertz CT molecular complexity index is 776. The maximum atomic E-state index is 12.6. The standard InChI is InChI=1S/C21H24N2O/c1-21(2)13-17-11-15(14-22-3)9-10-18(17)19(23-21)12-20(24)16-7-5-4-6-8-16/h4-12,22-23H,13-14H2,1-3H3. The third-order valence-corrected chi connectivity index (χ3v) is 4.28. The summed E-state index contributed by atoms with van der Waals surface area (Å²) in [5.41, 5.74) is 5.23. The van der Waals surface area contributed by atoms with Crippen LogP contribution in [0.2, 0.25) is 0 Å². The lowest BCUT2D eigenvalue weighted by molar-refractivity contribution is 0.104. The molecule has 0 aromatic heterocycles. The van der Waals surface area contributed by atoms with Gasteiger partial charge in [0.1, 0.15) is 0 Å². The number of allylic oxidation sites excluding steroid dienone is 1. The monoisotopic (exact) mass is 320 g/mol. The van der Waals surface area contributed by atoms with E-state index < -0.39 is 0 Å². The molecule has 1 aliphatic rings. The quantitative estimate of drug-likeness (QED) is 0.668. The molecule has 0 spiro atoms. The number of hydrogen-bond acceptors (Lipinski definition) is 3. The smallest absolute Gasteiger partial charge is 0.187 e. The van der Waals surface area contributed by atoms with E-state index in [0.717, 1.165) is 24.2 Å². The summed E-state index contributed by atoms with van der Waals surface area (Å²) in [6.07, 6.45) is 2.67. The molecular weight excluding hydrogens is 296 g/mol. The van der Waals surface area contributed by atoms with E-state index in [1.165, 1.54) is 11.1 Å². The summed E-state index contributed by atoms with van der Waals surface area (Å²) in [5, 5.41) is 6.72. The average Bonchev–Trinajstić information content (AvgIpc) is 2.54. The molecule has 0 saturated heterocycles. The Morgan fingerprint density at radius 3 is 2.67 bits per heavy atom. The van der Waals surface area contributed by atoms with Gasteiger partial charge in [-0.05, 0) is 38.4 Å². The van der Waals surface area contributed by atoms with Crippen LogP contribution in [0.3, 0.4) is 0 Å². The van der Waals surface area contributed by atoms with Gasteiger partial charge in [-0.15, -0.1) is 0 Å². The highest BCUT2D eigenvalue weighted by molar-refractivity contribution is 6.08. The van der Waals surface area contributed by atoms with Crippen molar-refractivity contribution in [1.29, 1.82) is 0 Å². The van der Waals surface area contributed by atoms with Crippen molar-refractivity contribution in [2.45, 2.75) is 32.4 Å². The second-order valence-electron chi connectivity index (χ2n) is 7.00. The maximum Gasteiger partial charge on any atom is 0.187 e. The molecule has 0 fully saturated rings. The minimum absolute atomic E-state index is 0.0288. The molecule has 0 aliphatic carbocycles. The van der Waals surface area contributed by atoms with E-state index in [2.05, 4.69) is 42.7 Å². The lowest BCUT2D eigenvalue weighted by atomic mass is 9.84. The molecule has 124 valence electrons. The largest absolute Gasteiger partial charge is 0.379 e. The van der Waals surface area contributed by atoms with Gasteiger partial charge in [0.15, 0.2) is 5.78 Å². The van der Waals surface area contributed by atoms with Crippen molar-refractivity contribution in [3.8, 4) is 0 Å². The molecule has 0 unspecified atom stereocenters. The molecule has 2 aromatic rings. The van der Waals surface area contributed by atoms with Gasteiger partial charge in [-0.25, -0.2) is 0 Å². The molecule has 0 amide bonds. The van der Waals surface area contributed by atoms with Gasteiger partial charge in [0.05, 0.1) is 0 Å². The van der Waals surface area contributed by atoms with E-state index in [4.69, 9.17) is 0 Å². The Labute approximate surface area is 143 Å². The number of carbonyl (C=O) groups is 1. The summed E-state index contributed by atoms with van der Waals surface area (Å²) >= 11 is 0. The lowest BCUT2D eigenvalue weighted by Crippen LogP contribution is -2.44. The van der Waals surface area contributed by atoms with Gasteiger partial charge in [0.25, 0.3) is 0 Å². The summed E-state index contributed by atoms with van der Waals surface area (Å²) in [6.45, 7) is 5.19. The Morgan fingerprint density at radius 1 is 1.21 bits per heavy atom. The van der Waals surface area contributed by atoms with E-state index in [0.29, 0.717) is 5.56 Å². The molecule has 24 heavy (non-hydrogen) atoms. The number of nitrogens with one attached hydrogen (secondary N) is 2. The first-order valence-electron chi connectivity index (χ1n) is 8.34. The normalized spacial score (nSPS) is 17.2. The van der Waals surface area contributed by atoms with E-state index in [9.17, 15) is 4.79 Å². The molecule has 1 aliphatic heterocycles. The van der Waals surface area contributed by atoms with Gasteiger partial charge >= 0.3 is 0 Å². The van der Waals surface area contributed by atoms with Gasteiger partial charge in [-0.2, -0.15) is 0 Å². The van der Waals surface area contributed by atoms with Crippen molar-refractivity contribution >= 4 is 11.5 Å². The lowest BCUT2D eigenvalue weighted by Gasteiger charge is -2.36. The molecule has 0 bridgehead atoms. The van der Waals surface area contributed by atoms with Crippen LogP contribution in [0.5, 0.6) is 0 Å². The fraction of sp³-hybridized carbons (Fsp3) is 0.286. The van der Waals surface area contributed by atoms with Crippen LogP contribution < -0.4 is 10.6 Å². The fourth-order valence-corrected chi connectivity index (χ4v) is 3.25. The number of ketones is 1. The highest BCUT2D eigenvalue weighted by Gasteiger charge is 2.28. The van der Waals surface area contributed by atoms with Gasteiger partial charge in [0.2, 0.25) is 0 Å². The first kappa shape index (κ1) is 16.5. The average molecular weight is 320 g/mol. The second-order valence-corrected chi connectivity index (χ2v) is 7.00. The molecule has 0 saturated carbocycles. The zero-order valence-electron chi connectivity index (χ0n) is 14.5. The van der Waals surface area contributed by atoms with Crippen LogP contribution in [0.4, 0.5) is 0 Å². The fourth-order valence-electron chi connectivity index (χ4n) is 3.25. The zero-order valence-corrected chi connectivity index (χ0v) is 14.5. The topological polar surface area (TPSA) is 41.1 Å². The van der Waals surface area contributed by atoms with Crippen LogP contribution >= 0.6 is 0 Å². The summed E-state index contributed by atoms with van der Waals surface area (Å²) in [6, 6.07) is 15.9. The first-order valence-corrected chi connectivity index (χ1v) is 8.34. The molecule has 3 nitrogen and oxygen atoms in total. The number of carbonyl (C=O) groups excluding carboxylic acids is 1. The molecule has 3 heteroatoms. The van der Waals surface area contributed by atoms with E-state index in [-0.39, 0.29) is 11.3 Å². The summed E-state index contributed by atoms with van der Waals surface area (Å²) < 4.78 is 0. The molecule has 2 N–H and O–H groups in total. The predicted octanol–water partition coefficient (Wildman–Crippen LogP) is 3.55. The minimum Gasteiger partial charge on any atom is -0.379 e. The van der Waals surface area contributed by atoms with E-state index in [1.807, 2.05) is 37.4 Å². The number of benzene rings is 2. The van der Waals surface area contributed by atoms with Gasteiger partial charge < -0.3 is 10.6 Å². The van der Waals surface area contributed by atoms with E-state index in [1.54, 1.807) is 6.08 Å². The van der Waals surface area contributed by atoms with Crippen LogP contribution in [0.25, 0.3) is 5.70 Å². The number of rotatable bonds is 4. The van der Waals surface area contributed by atoms with Crippen LogP contribution in [0.1, 0.15) is 40.9 Å². The van der Waals surface area contributed by atoms with Crippen molar-refractivity contribution in [3.63, 3.8) is 0 Å². The third kappa shape index (κ3) is 3.57. The molecule has 3 rings (SSSR count). The molecule has 2 aromatic carbocycles. The van der Waals surface area contributed by atoms with Gasteiger partial charge in [-0.3, -0.25) is 4.79 Å². The molecule has 0 atom stereocenters. The SMILES string of the molecule is CNCc1ccc2c(c1)CC(C)(C)NC2=CC(=O)c1ccccc1. The molecular formula is C21H24N2O. The highest BCUT2D eigenvalue weighted by atomic mass is 16.1. The van der Waals surface area contributed by atoms with Gasteiger partial charge in [0, 0.05) is 35.0 Å². The third-order valence-electron chi connectivity index (χ3n) is 4.28. The minimum atomic E-state index is -0.0753. The summed E-state index contributed by atoms with van der Waals surface area (Å²) in [4.78, 5) is 12.6. The highest BCUT2D eigenvalue weighted by Crippen LogP contribution is 2.30. The Morgan fingerprint density at radius 2 is 1.96 bits per heavy atom. The Balaban J connectivity index is 2.00. The van der Waals surface area contributed by atoms with Crippen molar-refractivity contribution in [1.82, 2.24) is 10.6 Å². The maximum absolute atomic E-state index is 12.6. The Kier molecular flexibility index (Phi) is 4.54.